The van der Waals surface area contributed by atoms with E-state index in [1.807, 2.05) is 37.3 Å². The van der Waals surface area contributed by atoms with Crippen molar-refractivity contribution in [2.45, 2.75) is 26.5 Å². The lowest BCUT2D eigenvalue weighted by atomic mass is 10.1. The number of ether oxygens (including phenoxy) is 1. The van der Waals surface area contributed by atoms with Crippen LogP contribution in [0.3, 0.4) is 0 Å². The van der Waals surface area contributed by atoms with Crippen LogP contribution in [0.2, 0.25) is 10.0 Å². The molecule has 0 aliphatic carbocycles. The van der Waals surface area contributed by atoms with Gasteiger partial charge in [-0.1, -0.05) is 71.2 Å². The third kappa shape index (κ3) is 4.48. The SMILES string of the molecule is Cc1ccc(CCn2c(COc3ccccc3)c(Cl)cc(Cl)c2=O)cc1. The lowest BCUT2D eigenvalue weighted by Gasteiger charge is -2.16. The average Bonchev–Trinajstić information content (AvgIpc) is 2.65. The number of hydrogen-bond donors (Lipinski definition) is 0. The van der Waals surface area contributed by atoms with Crippen LogP contribution >= 0.6 is 23.2 Å². The zero-order valence-electron chi connectivity index (χ0n) is 14.4. The predicted molar refractivity (Wildman–Crippen MR) is 106 cm³/mol. The van der Waals surface area contributed by atoms with Crippen LogP contribution in [-0.2, 0) is 19.6 Å². The summed E-state index contributed by atoms with van der Waals surface area (Å²) in [6, 6.07) is 19.1. The molecule has 0 N–H and O–H groups in total. The Bertz CT molecular complexity index is 935. The Morgan fingerprint density at radius 1 is 0.962 bits per heavy atom. The zero-order chi connectivity index (χ0) is 18.5. The van der Waals surface area contributed by atoms with Gasteiger partial charge in [0.15, 0.2) is 0 Å². The Morgan fingerprint density at radius 3 is 2.35 bits per heavy atom. The molecule has 1 heterocycles. The Labute approximate surface area is 162 Å². The third-order valence-corrected chi connectivity index (χ3v) is 4.77. The minimum atomic E-state index is -0.255. The maximum Gasteiger partial charge on any atom is 0.269 e. The first-order valence-corrected chi connectivity index (χ1v) is 9.11. The van der Waals surface area contributed by atoms with Gasteiger partial charge in [0, 0.05) is 6.54 Å². The van der Waals surface area contributed by atoms with E-state index in [9.17, 15) is 4.79 Å². The van der Waals surface area contributed by atoms with Crippen molar-refractivity contribution in [3.05, 3.63) is 97.9 Å². The van der Waals surface area contributed by atoms with Crippen LogP contribution in [0, 0.1) is 6.92 Å². The molecule has 2 aromatic carbocycles. The second-order valence-electron chi connectivity index (χ2n) is 6.08. The second kappa shape index (κ2) is 8.43. The third-order valence-electron chi connectivity index (χ3n) is 4.17. The fourth-order valence-electron chi connectivity index (χ4n) is 2.68. The molecule has 0 bridgehead atoms. The van der Waals surface area contributed by atoms with E-state index in [0.717, 1.165) is 11.3 Å². The van der Waals surface area contributed by atoms with Gasteiger partial charge in [-0.15, -0.1) is 0 Å². The Hall–Kier alpha value is -2.23. The quantitative estimate of drug-likeness (QED) is 0.575. The summed E-state index contributed by atoms with van der Waals surface area (Å²) in [5, 5.41) is 0.539. The molecule has 3 nitrogen and oxygen atoms in total. The highest BCUT2D eigenvalue weighted by atomic mass is 35.5. The molecule has 5 heteroatoms. The van der Waals surface area contributed by atoms with E-state index in [1.54, 1.807) is 4.57 Å². The van der Waals surface area contributed by atoms with Crippen LogP contribution in [0.15, 0.2) is 65.5 Å². The number of aryl methyl sites for hydroxylation is 2. The molecule has 0 atom stereocenters. The summed E-state index contributed by atoms with van der Waals surface area (Å²) >= 11 is 12.4. The summed E-state index contributed by atoms with van der Waals surface area (Å²) in [6.45, 7) is 2.73. The molecule has 134 valence electrons. The molecular weight excluding hydrogens is 369 g/mol. The number of rotatable bonds is 6. The van der Waals surface area contributed by atoms with Crippen molar-refractivity contribution < 1.29 is 4.74 Å². The van der Waals surface area contributed by atoms with Gasteiger partial charge in [-0.25, -0.2) is 0 Å². The van der Waals surface area contributed by atoms with E-state index >= 15 is 0 Å². The molecule has 0 unspecified atom stereocenters. The number of halogens is 2. The van der Waals surface area contributed by atoms with Crippen LogP contribution in [0.5, 0.6) is 5.75 Å². The summed E-state index contributed by atoms with van der Waals surface area (Å²) in [4.78, 5) is 12.5. The molecule has 0 aliphatic rings. The van der Waals surface area contributed by atoms with Gasteiger partial charge in [-0.05, 0) is 37.1 Å². The van der Waals surface area contributed by atoms with Crippen molar-refractivity contribution in [3.63, 3.8) is 0 Å². The fraction of sp³-hybridized carbons (Fsp3) is 0.190. The van der Waals surface area contributed by atoms with Crippen molar-refractivity contribution in [2.75, 3.05) is 0 Å². The van der Waals surface area contributed by atoms with Crippen molar-refractivity contribution in [2.24, 2.45) is 0 Å². The Morgan fingerprint density at radius 2 is 1.65 bits per heavy atom. The van der Waals surface area contributed by atoms with Crippen molar-refractivity contribution in [1.82, 2.24) is 4.57 Å². The number of pyridine rings is 1. The van der Waals surface area contributed by atoms with Gasteiger partial charge in [0.1, 0.15) is 17.4 Å². The van der Waals surface area contributed by atoms with Crippen molar-refractivity contribution in [3.8, 4) is 5.75 Å². The molecule has 3 aromatic rings. The second-order valence-corrected chi connectivity index (χ2v) is 6.90. The van der Waals surface area contributed by atoms with E-state index in [4.69, 9.17) is 27.9 Å². The summed E-state index contributed by atoms with van der Waals surface area (Å²) in [5.41, 5.74) is 2.72. The van der Waals surface area contributed by atoms with E-state index in [-0.39, 0.29) is 17.2 Å². The smallest absolute Gasteiger partial charge is 0.269 e. The van der Waals surface area contributed by atoms with Crippen LogP contribution in [-0.4, -0.2) is 4.57 Å². The lowest BCUT2D eigenvalue weighted by molar-refractivity contribution is 0.292. The number of hydrogen-bond acceptors (Lipinski definition) is 2. The number of para-hydroxylation sites is 1. The van der Waals surface area contributed by atoms with E-state index in [0.29, 0.717) is 23.7 Å². The highest BCUT2D eigenvalue weighted by Crippen LogP contribution is 2.21. The maximum absolute atomic E-state index is 12.5. The molecule has 0 amide bonds. The Balaban J connectivity index is 1.84. The topological polar surface area (TPSA) is 31.2 Å². The monoisotopic (exact) mass is 387 g/mol. The van der Waals surface area contributed by atoms with Crippen LogP contribution in [0.1, 0.15) is 16.8 Å². The van der Waals surface area contributed by atoms with E-state index in [2.05, 4.69) is 24.3 Å². The molecule has 0 saturated heterocycles. The first-order valence-electron chi connectivity index (χ1n) is 8.35. The fourth-order valence-corrected chi connectivity index (χ4v) is 3.22. The lowest BCUT2D eigenvalue weighted by Crippen LogP contribution is -2.26. The van der Waals surface area contributed by atoms with Crippen molar-refractivity contribution >= 4 is 23.2 Å². The minimum Gasteiger partial charge on any atom is -0.487 e. The van der Waals surface area contributed by atoms with Gasteiger partial charge in [0.2, 0.25) is 0 Å². The molecule has 0 radical (unpaired) electrons. The van der Waals surface area contributed by atoms with Gasteiger partial charge in [0.05, 0.1) is 10.7 Å². The van der Waals surface area contributed by atoms with Crippen LogP contribution < -0.4 is 10.3 Å². The summed E-state index contributed by atoms with van der Waals surface area (Å²) in [7, 11) is 0. The van der Waals surface area contributed by atoms with Crippen molar-refractivity contribution in [1.29, 1.82) is 0 Å². The summed E-state index contributed by atoms with van der Waals surface area (Å²) < 4.78 is 7.39. The predicted octanol–water partition coefficient (Wildman–Crippen LogP) is 5.29. The largest absolute Gasteiger partial charge is 0.487 e. The van der Waals surface area contributed by atoms with Gasteiger partial charge < -0.3 is 9.30 Å². The zero-order valence-corrected chi connectivity index (χ0v) is 15.9. The maximum atomic E-state index is 12.5. The summed E-state index contributed by atoms with van der Waals surface area (Å²) in [6.07, 6.45) is 0.704. The molecule has 1 aromatic heterocycles. The van der Waals surface area contributed by atoms with Gasteiger partial charge >= 0.3 is 0 Å². The van der Waals surface area contributed by atoms with Gasteiger partial charge in [0.25, 0.3) is 5.56 Å². The molecule has 26 heavy (non-hydrogen) atoms. The van der Waals surface area contributed by atoms with E-state index in [1.165, 1.54) is 11.6 Å². The van der Waals surface area contributed by atoms with Gasteiger partial charge in [-0.2, -0.15) is 0 Å². The van der Waals surface area contributed by atoms with Crippen LogP contribution in [0.25, 0.3) is 0 Å². The normalized spacial score (nSPS) is 10.7. The molecule has 0 aliphatic heterocycles. The molecule has 3 rings (SSSR count). The number of benzene rings is 2. The standard InChI is InChI=1S/C21H19Cl2NO2/c1-15-7-9-16(10-8-15)11-12-24-20(18(22)13-19(23)21(24)25)14-26-17-5-3-2-4-6-17/h2-10,13H,11-12,14H2,1H3. The molecule has 0 saturated carbocycles. The Kier molecular flexibility index (Phi) is 6.02. The van der Waals surface area contributed by atoms with E-state index < -0.39 is 0 Å². The minimum absolute atomic E-state index is 0.113. The first-order chi connectivity index (χ1) is 12.5. The van der Waals surface area contributed by atoms with Gasteiger partial charge in [-0.3, -0.25) is 4.79 Å². The molecular formula is C21H19Cl2NO2. The molecule has 0 spiro atoms. The first kappa shape index (κ1) is 18.6. The average molecular weight is 388 g/mol. The highest BCUT2D eigenvalue weighted by Gasteiger charge is 2.14. The number of nitrogens with zero attached hydrogens (tertiary/aromatic N) is 1. The molecule has 0 fully saturated rings. The number of aromatic nitrogens is 1. The highest BCUT2D eigenvalue weighted by molar-refractivity contribution is 6.34. The summed E-state index contributed by atoms with van der Waals surface area (Å²) in [5.74, 6) is 0.719. The van der Waals surface area contributed by atoms with Crippen LogP contribution in [0.4, 0.5) is 0 Å².